The number of aromatic hydroxyl groups is 1. The van der Waals surface area contributed by atoms with Crippen molar-refractivity contribution in [1.29, 1.82) is 0 Å². The van der Waals surface area contributed by atoms with Gasteiger partial charge in [0.2, 0.25) is 11.8 Å². The van der Waals surface area contributed by atoms with Crippen molar-refractivity contribution in [3.8, 4) is 23.0 Å². The lowest BCUT2D eigenvalue weighted by molar-refractivity contribution is -0.133. The van der Waals surface area contributed by atoms with Crippen LogP contribution in [-0.4, -0.2) is 131 Å². The van der Waals surface area contributed by atoms with E-state index in [1.165, 1.54) is 24.3 Å². The van der Waals surface area contributed by atoms with Crippen molar-refractivity contribution in [3.05, 3.63) is 71.4 Å². The number of likely N-dealkylation sites (tertiary alicyclic amines) is 1. The number of ether oxygens (including phenoxy) is 1. The first kappa shape index (κ1) is 46.2. The van der Waals surface area contributed by atoms with Gasteiger partial charge in [-0.1, -0.05) is 13.0 Å². The summed E-state index contributed by atoms with van der Waals surface area (Å²) in [5.41, 5.74) is 1.20. The zero-order valence-electron chi connectivity index (χ0n) is 40.0. The molecule has 5 aromatic rings. The molecule has 3 atom stereocenters. The molecule has 2 amide bonds. The number of nitrogens with one attached hydrogen (secondary N) is 3. The van der Waals surface area contributed by atoms with Crippen molar-refractivity contribution in [2.75, 3.05) is 80.6 Å². The average Bonchev–Trinajstić information content (AvgIpc) is 4.04. The van der Waals surface area contributed by atoms with Crippen molar-refractivity contribution in [3.63, 3.8) is 0 Å². The fourth-order valence-corrected chi connectivity index (χ4v) is 12.8. The highest BCUT2D eigenvalue weighted by Crippen LogP contribution is 2.53. The highest BCUT2D eigenvalue weighted by atomic mass is 19.1. The lowest BCUT2D eigenvalue weighted by Gasteiger charge is -2.56. The van der Waals surface area contributed by atoms with E-state index in [-0.39, 0.29) is 52.8 Å². The highest BCUT2D eigenvalue weighted by molar-refractivity contribution is 6.02. The number of hydrogen-bond donors (Lipinski definition) is 4. The van der Waals surface area contributed by atoms with E-state index in [0.29, 0.717) is 88.4 Å². The van der Waals surface area contributed by atoms with E-state index in [4.69, 9.17) is 14.7 Å². The summed E-state index contributed by atoms with van der Waals surface area (Å²) in [7, 11) is 0. The molecule has 18 heteroatoms. The lowest BCUT2D eigenvalue weighted by atomic mass is 9.60. The topological polar surface area (TPSA) is 151 Å². The number of phenolic OH excluding ortho intramolecular Hbond substituents is 1. The Morgan fingerprint density at radius 2 is 1.59 bits per heavy atom. The fraction of sp³-hybridized carbons (Fsp3) is 0.528. The van der Waals surface area contributed by atoms with Gasteiger partial charge in [-0.3, -0.25) is 24.8 Å². The summed E-state index contributed by atoms with van der Waals surface area (Å²) in [6.07, 6.45) is 11.0. The first-order valence-electron chi connectivity index (χ1n) is 25.6. The number of carbonyl (C=O) groups is 2. The number of carbonyl (C=O) groups excluding carboxylic acids is 2. The molecule has 71 heavy (non-hydrogen) atoms. The Kier molecular flexibility index (Phi) is 11.7. The van der Waals surface area contributed by atoms with Crippen molar-refractivity contribution in [1.82, 2.24) is 35.4 Å². The third kappa shape index (κ3) is 8.76. The van der Waals surface area contributed by atoms with Gasteiger partial charge in [-0.25, -0.2) is 17.6 Å². The number of piperidine rings is 2. The number of halogens is 4. The summed E-state index contributed by atoms with van der Waals surface area (Å²) < 4.78 is 69.3. The summed E-state index contributed by atoms with van der Waals surface area (Å²) >= 11 is 0. The minimum Gasteiger partial charge on any atom is -0.508 e. The van der Waals surface area contributed by atoms with Gasteiger partial charge in [0, 0.05) is 93.2 Å². The molecule has 14 nitrogen and oxygen atoms in total. The zero-order chi connectivity index (χ0) is 48.8. The molecule has 5 aliphatic heterocycles. The number of rotatable bonds is 12. The Hall–Kier alpha value is -5.85. The van der Waals surface area contributed by atoms with E-state index in [0.717, 1.165) is 97.2 Å². The number of pyridine rings is 1. The number of nitrogens with zero attached hydrogens (tertiary/aromatic N) is 7. The van der Waals surface area contributed by atoms with Crippen LogP contribution in [0.2, 0.25) is 0 Å². The van der Waals surface area contributed by atoms with Gasteiger partial charge < -0.3 is 35.2 Å². The Morgan fingerprint density at radius 1 is 0.859 bits per heavy atom. The number of piperazine rings is 2. The number of phenols is 1. The molecule has 12 rings (SSSR count). The Labute approximate surface area is 409 Å². The number of aryl methyl sites for hydroxylation is 1. The van der Waals surface area contributed by atoms with Gasteiger partial charge in [0.25, 0.3) is 0 Å². The van der Waals surface area contributed by atoms with E-state index in [1.807, 2.05) is 11.8 Å². The standard InChI is InChI=1S/C53H60F4N10O4/c1-2-36-39(54)6-3-30-19-35(68)22-37(44(30)36)46-45(57)47-38(25-58-46)49(67-26-31-4-5-32(27-67)59-31)63-51(62-47)71-29-53(9-10-53)28-64-13-11-52(12-14-64)23-34(24-52)66-17-15-65(16-18-66)33-20-40(55)48(41(56)21-33)60-42-7-8-43(69)61-50(42)70/h3,6,19-22,25,31-32,34,42,59-60,68H,2,4-5,7-18,23-24,26-29H2,1H3,(H,61,69,70). The third-order valence-electron chi connectivity index (χ3n) is 17.0. The van der Waals surface area contributed by atoms with Crippen molar-refractivity contribution in [2.45, 2.75) is 102 Å². The Morgan fingerprint density at radius 3 is 2.28 bits per heavy atom. The fourth-order valence-electron chi connectivity index (χ4n) is 12.8. The second kappa shape index (κ2) is 18.0. The molecule has 7 aliphatic rings. The van der Waals surface area contributed by atoms with E-state index in [2.05, 4.69) is 35.6 Å². The van der Waals surface area contributed by atoms with Crippen molar-refractivity contribution < 1.29 is 37.0 Å². The van der Waals surface area contributed by atoms with Crippen LogP contribution in [0.3, 0.4) is 0 Å². The van der Waals surface area contributed by atoms with Gasteiger partial charge in [0.05, 0.1) is 12.0 Å². The molecule has 374 valence electrons. The van der Waals surface area contributed by atoms with Gasteiger partial charge in [-0.05, 0) is 129 Å². The number of hydrogen-bond acceptors (Lipinski definition) is 13. The minimum atomic E-state index is -0.876. The van der Waals surface area contributed by atoms with Crippen LogP contribution in [0.25, 0.3) is 32.9 Å². The van der Waals surface area contributed by atoms with Crippen LogP contribution in [-0.2, 0) is 16.0 Å². The van der Waals surface area contributed by atoms with Gasteiger partial charge in [0.1, 0.15) is 40.3 Å². The maximum atomic E-state index is 17.2. The predicted molar refractivity (Wildman–Crippen MR) is 262 cm³/mol. The summed E-state index contributed by atoms with van der Waals surface area (Å²) in [6.45, 7) is 9.60. The van der Waals surface area contributed by atoms with Crippen LogP contribution in [0.5, 0.6) is 11.8 Å². The SMILES string of the molecule is CCc1c(F)ccc2cc(O)cc(-c3ncc4c(N5CC6CCC(C5)N6)nc(OCC5(CN6CCC7(CC6)CC(N6CCN(c8cc(F)c(NC9CCC(=O)NC9=O)c(F)c8)CC6)C7)CC5)nc4c3F)c12. The summed E-state index contributed by atoms with van der Waals surface area (Å²) in [4.78, 5) is 47.4. The molecule has 5 saturated heterocycles. The molecule has 2 saturated carbocycles. The van der Waals surface area contributed by atoms with Crippen molar-refractivity contribution in [2.24, 2.45) is 10.8 Å². The van der Waals surface area contributed by atoms with E-state index in [9.17, 15) is 14.7 Å². The van der Waals surface area contributed by atoms with Crippen LogP contribution in [0.15, 0.2) is 42.6 Å². The quantitative estimate of drug-likeness (QED) is 0.0748. The van der Waals surface area contributed by atoms with Gasteiger partial charge in [-0.15, -0.1) is 0 Å². The average molecular weight is 977 g/mol. The van der Waals surface area contributed by atoms with E-state index >= 15 is 17.6 Å². The highest BCUT2D eigenvalue weighted by Gasteiger charge is 2.51. The number of aromatic nitrogens is 3. The molecule has 7 heterocycles. The molecular weight excluding hydrogens is 917 g/mol. The second-order valence-corrected chi connectivity index (χ2v) is 21.6. The number of amides is 2. The molecule has 2 aliphatic carbocycles. The first-order valence-corrected chi connectivity index (χ1v) is 25.6. The zero-order valence-corrected chi connectivity index (χ0v) is 40.0. The molecular formula is C53H60F4N10O4. The Balaban J connectivity index is 0.681. The molecule has 3 unspecified atom stereocenters. The largest absolute Gasteiger partial charge is 0.508 e. The maximum Gasteiger partial charge on any atom is 0.319 e. The number of benzene rings is 3. The molecule has 3 aromatic carbocycles. The maximum absolute atomic E-state index is 17.2. The Bertz CT molecular complexity index is 2900. The van der Waals surface area contributed by atoms with Crippen LogP contribution < -0.4 is 30.5 Å². The molecule has 0 radical (unpaired) electrons. The summed E-state index contributed by atoms with van der Waals surface area (Å²) in [5, 5.41) is 20.9. The van der Waals surface area contributed by atoms with Crippen LogP contribution >= 0.6 is 0 Å². The molecule has 7 fully saturated rings. The van der Waals surface area contributed by atoms with Crippen molar-refractivity contribution >= 4 is 50.7 Å². The third-order valence-corrected chi connectivity index (χ3v) is 17.0. The summed E-state index contributed by atoms with van der Waals surface area (Å²) in [6, 6.07) is 8.97. The van der Waals surface area contributed by atoms with Gasteiger partial charge in [0.15, 0.2) is 17.5 Å². The monoisotopic (exact) mass is 976 g/mol. The van der Waals surface area contributed by atoms with Gasteiger partial charge in [-0.2, -0.15) is 9.97 Å². The van der Waals surface area contributed by atoms with Crippen LogP contribution in [0.1, 0.15) is 76.7 Å². The number of imide groups is 1. The molecule has 4 N–H and O–H groups in total. The van der Waals surface area contributed by atoms with E-state index in [1.54, 1.807) is 18.3 Å². The van der Waals surface area contributed by atoms with Crippen LogP contribution in [0.4, 0.5) is 34.8 Å². The first-order chi connectivity index (χ1) is 34.3. The normalized spacial score (nSPS) is 24.4. The second-order valence-electron chi connectivity index (χ2n) is 21.6. The molecule has 2 aromatic heterocycles. The molecule has 1 spiro atoms. The number of fused-ring (bicyclic) bond motifs is 4. The van der Waals surface area contributed by atoms with Crippen LogP contribution in [0, 0.1) is 34.1 Å². The summed E-state index contributed by atoms with van der Waals surface area (Å²) in [5.74, 6) is -3.05. The van der Waals surface area contributed by atoms with E-state index < -0.39 is 35.2 Å². The van der Waals surface area contributed by atoms with Gasteiger partial charge >= 0.3 is 6.01 Å². The number of anilines is 3. The smallest absolute Gasteiger partial charge is 0.319 e. The lowest BCUT2D eigenvalue weighted by Crippen LogP contribution is -2.59. The predicted octanol–water partition coefficient (Wildman–Crippen LogP) is 7.05. The minimum absolute atomic E-state index is 0.0190. The molecule has 2 bridgehead atoms.